The smallest absolute Gasteiger partial charge is 0.240 e. The maximum atomic E-state index is 12.0. The Morgan fingerprint density at radius 2 is 2.07 bits per heavy atom. The quantitative estimate of drug-likeness (QED) is 0.589. The zero-order valence-electron chi connectivity index (χ0n) is 16.2. The molecule has 6 nitrogen and oxygen atoms in total. The zero-order valence-corrected chi connectivity index (χ0v) is 17.8. The van der Waals surface area contributed by atoms with Gasteiger partial charge < -0.3 is 10.2 Å². The largest absolute Gasteiger partial charge is 0.352 e. The summed E-state index contributed by atoms with van der Waals surface area (Å²) in [6, 6.07) is 7.03. The van der Waals surface area contributed by atoms with Crippen LogP contribution in [0.25, 0.3) is 0 Å². The van der Waals surface area contributed by atoms with Gasteiger partial charge in [0, 0.05) is 37.2 Å². The van der Waals surface area contributed by atoms with Crippen LogP contribution in [-0.2, 0) is 16.6 Å². The highest BCUT2D eigenvalue weighted by Crippen LogP contribution is 2.42. The first-order chi connectivity index (χ1) is 13.0. The van der Waals surface area contributed by atoms with E-state index in [2.05, 4.69) is 31.7 Å². The van der Waals surface area contributed by atoms with Crippen molar-refractivity contribution in [2.75, 3.05) is 32.9 Å². The molecule has 0 atom stereocenters. The molecule has 150 valence electrons. The van der Waals surface area contributed by atoms with Crippen LogP contribution in [0, 0.1) is 0 Å². The van der Waals surface area contributed by atoms with Crippen molar-refractivity contribution in [1.82, 2.24) is 14.9 Å². The molecule has 0 bridgehead atoms. The molecule has 3 rings (SSSR count). The van der Waals surface area contributed by atoms with E-state index in [4.69, 9.17) is 0 Å². The van der Waals surface area contributed by atoms with Crippen LogP contribution in [-0.4, -0.2) is 57.0 Å². The van der Waals surface area contributed by atoms with Gasteiger partial charge in [0.2, 0.25) is 10.0 Å². The molecular formula is C19H30N4O2S2. The standard InChI is InChI=1S/C19H30N4O2S2/c1-20-18(23-11-12-26-19(15-23)9-4-3-5-10-19)22-14-16-7-6-8-17(13-16)27(24,25)21-2/h6-8,13,21H,3-5,9-12,14-15H2,1-2H3,(H,20,22). The van der Waals surface area contributed by atoms with Crippen molar-refractivity contribution < 1.29 is 8.42 Å². The number of guanidine groups is 1. The van der Waals surface area contributed by atoms with E-state index in [0.29, 0.717) is 11.3 Å². The minimum Gasteiger partial charge on any atom is -0.352 e. The summed E-state index contributed by atoms with van der Waals surface area (Å²) in [5, 5.41) is 3.43. The van der Waals surface area contributed by atoms with Crippen LogP contribution in [0.1, 0.15) is 37.7 Å². The van der Waals surface area contributed by atoms with Gasteiger partial charge in [-0.05, 0) is 37.6 Å². The van der Waals surface area contributed by atoms with E-state index in [0.717, 1.165) is 30.4 Å². The number of benzene rings is 1. The second-order valence-corrected chi connectivity index (χ2v) is 10.7. The van der Waals surface area contributed by atoms with E-state index in [-0.39, 0.29) is 4.90 Å². The van der Waals surface area contributed by atoms with Gasteiger partial charge in [-0.3, -0.25) is 4.99 Å². The first kappa shape index (κ1) is 20.5. The lowest BCUT2D eigenvalue weighted by molar-refractivity contribution is 0.293. The number of nitrogens with zero attached hydrogens (tertiary/aromatic N) is 2. The average Bonchev–Trinajstić information content (AvgIpc) is 2.69. The van der Waals surface area contributed by atoms with Gasteiger partial charge in [0.1, 0.15) is 0 Å². The summed E-state index contributed by atoms with van der Waals surface area (Å²) in [4.78, 5) is 7.14. The molecule has 1 aromatic carbocycles. The fourth-order valence-corrected chi connectivity index (χ4v) is 6.35. The summed E-state index contributed by atoms with van der Waals surface area (Å²) in [6.07, 6.45) is 6.63. The number of thioether (sulfide) groups is 1. The molecule has 1 aliphatic carbocycles. The lowest BCUT2D eigenvalue weighted by Crippen LogP contribution is -2.53. The second kappa shape index (κ2) is 8.84. The number of nitrogens with one attached hydrogen (secondary N) is 2. The number of sulfonamides is 1. The average molecular weight is 411 g/mol. The first-order valence-corrected chi connectivity index (χ1v) is 12.1. The van der Waals surface area contributed by atoms with Gasteiger partial charge in [-0.1, -0.05) is 31.4 Å². The molecule has 2 fully saturated rings. The van der Waals surface area contributed by atoms with Gasteiger partial charge in [0.15, 0.2) is 5.96 Å². The van der Waals surface area contributed by atoms with Gasteiger partial charge in [0.25, 0.3) is 0 Å². The van der Waals surface area contributed by atoms with E-state index < -0.39 is 10.0 Å². The van der Waals surface area contributed by atoms with Crippen LogP contribution in [0.3, 0.4) is 0 Å². The summed E-state index contributed by atoms with van der Waals surface area (Å²) >= 11 is 2.14. The Kier molecular flexibility index (Phi) is 6.70. The summed E-state index contributed by atoms with van der Waals surface area (Å²) in [7, 11) is -0.178. The first-order valence-electron chi connectivity index (χ1n) is 9.60. The molecule has 2 aliphatic rings. The van der Waals surface area contributed by atoms with Gasteiger partial charge in [-0.15, -0.1) is 0 Å². The third-order valence-electron chi connectivity index (χ3n) is 5.45. The molecule has 1 aromatic rings. The Morgan fingerprint density at radius 1 is 1.30 bits per heavy atom. The molecule has 1 heterocycles. The van der Waals surface area contributed by atoms with Crippen LogP contribution in [0.4, 0.5) is 0 Å². The van der Waals surface area contributed by atoms with E-state index in [1.165, 1.54) is 39.2 Å². The minimum atomic E-state index is -3.43. The highest BCUT2D eigenvalue weighted by atomic mass is 32.2. The van der Waals surface area contributed by atoms with Gasteiger partial charge in [-0.25, -0.2) is 13.1 Å². The third kappa shape index (κ3) is 4.97. The SMILES string of the molecule is CN=C(NCc1cccc(S(=O)(=O)NC)c1)N1CCSC2(CCCCC2)C1. The minimum absolute atomic E-state index is 0.287. The van der Waals surface area contributed by atoms with Gasteiger partial charge in [-0.2, -0.15) is 11.8 Å². The summed E-state index contributed by atoms with van der Waals surface area (Å²) in [5.41, 5.74) is 0.922. The van der Waals surface area contributed by atoms with Crippen molar-refractivity contribution in [3.8, 4) is 0 Å². The molecule has 0 unspecified atom stereocenters. The Hall–Kier alpha value is -1.25. The molecule has 0 aromatic heterocycles. The van der Waals surface area contributed by atoms with E-state index in [9.17, 15) is 8.42 Å². The molecule has 8 heteroatoms. The monoisotopic (exact) mass is 410 g/mol. The number of aliphatic imine (C=N–C) groups is 1. The van der Waals surface area contributed by atoms with E-state index in [1.54, 1.807) is 18.2 Å². The van der Waals surface area contributed by atoms with E-state index in [1.807, 2.05) is 13.1 Å². The molecule has 1 aliphatic heterocycles. The van der Waals surface area contributed by atoms with Crippen molar-refractivity contribution in [3.05, 3.63) is 29.8 Å². The fraction of sp³-hybridized carbons (Fsp3) is 0.632. The Bertz CT molecular complexity index is 768. The highest BCUT2D eigenvalue weighted by Gasteiger charge is 2.38. The van der Waals surface area contributed by atoms with Crippen LogP contribution < -0.4 is 10.0 Å². The molecule has 1 saturated carbocycles. The summed E-state index contributed by atoms with van der Waals surface area (Å²) in [5.74, 6) is 2.04. The van der Waals surface area contributed by atoms with Crippen LogP contribution in [0.2, 0.25) is 0 Å². The van der Waals surface area contributed by atoms with Crippen molar-refractivity contribution in [2.24, 2.45) is 4.99 Å². The molecule has 27 heavy (non-hydrogen) atoms. The zero-order chi connectivity index (χ0) is 19.3. The summed E-state index contributed by atoms with van der Waals surface area (Å²) in [6.45, 7) is 2.60. The van der Waals surface area contributed by atoms with Crippen LogP contribution in [0.5, 0.6) is 0 Å². The molecule has 1 spiro atoms. The Labute approximate surface area is 167 Å². The van der Waals surface area contributed by atoms with Crippen molar-refractivity contribution in [1.29, 1.82) is 0 Å². The normalized spacial score (nSPS) is 20.7. The molecule has 0 radical (unpaired) electrons. The van der Waals surface area contributed by atoms with Crippen molar-refractivity contribution in [3.63, 3.8) is 0 Å². The number of hydrogen-bond acceptors (Lipinski definition) is 4. The lowest BCUT2D eigenvalue weighted by Gasteiger charge is -2.45. The molecular weight excluding hydrogens is 380 g/mol. The maximum Gasteiger partial charge on any atom is 0.240 e. The fourth-order valence-electron chi connectivity index (χ4n) is 3.98. The van der Waals surface area contributed by atoms with Crippen molar-refractivity contribution >= 4 is 27.7 Å². The number of rotatable bonds is 4. The number of hydrogen-bond donors (Lipinski definition) is 2. The Balaban J connectivity index is 1.65. The highest BCUT2D eigenvalue weighted by molar-refractivity contribution is 8.00. The van der Waals surface area contributed by atoms with E-state index >= 15 is 0 Å². The predicted octanol–water partition coefficient (Wildman–Crippen LogP) is 2.42. The van der Waals surface area contributed by atoms with Crippen LogP contribution in [0.15, 0.2) is 34.2 Å². The maximum absolute atomic E-state index is 12.0. The second-order valence-electron chi connectivity index (χ2n) is 7.27. The van der Waals surface area contributed by atoms with Crippen LogP contribution >= 0.6 is 11.8 Å². The molecule has 0 amide bonds. The molecule has 2 N–H and O–H groups in total. The van der Waals surface area contributed by atoms with Gasteiger partial charge in [0.05, 0.1) is 4.90 Å². The lowest BCUT2D eigenvalue weighted by atomic mass is 9.87. The predicted molar refractivity (Wildman–Crippen MR) is 113 cm³/mol. The van der Waals surface area contributed by atoms with Crippen molar-refractivity contribution in [2.45, 2.75) is 48.3 Å². The Morgan fingerprint density at radius 3 is 2.78 bits per heavy atom. The third-order valence-corrected chi connectivity index (χ3v) is 8.40. The molecule has 1 saturated heterocycles. The summed E-state index contributed by atoms with van der Waals surface area (Å²) < 4.78 is 26.7. The topological polar surface area (TPSA) is 73.8 Å². The van der Waals surface area contributed by atoms with Gasteiger partial charge >= 0.3 is 0 Å².